The lowest BCUT2D eigenvalue weighted by Gasteiger charge is -2.11. The summed E-state index contributed by atoms with van der Waals surface area (Å²) >= 11 is 12.3. The van der Waals surface area contributed by atoms with E-state index in [1.807, 2.05) is 6.07 Å². The molecule has 0 unspecified atom stereocenters. The van der Waals surface area contributed by atoms with E-state index in [9.17, 15) is 0 Å². The summed E-state index contributed by atoms with van der Waals surface area (Å²) in [5.41, 5.74) is 10.3. The molecule has 88 valence electrons. The number of aryl methyl sites for hydroxylation is 1. The Bertz CT molecular complexity index is 608. The van der Waals surface area contributed by atoms with Gasteiger partial charge in [-0.15, -0.1) is 0 Å². The van der Waals surface area contributed by atoms with Crippen LogP contribution in [0.1, 0.15) is 23.2 Å². The van der Waals surface area contributed by atoms with Gasteiger partial charge in [-0.25, -0.2) is 0 Å². The van der Waals surface area contributed by atoms with Gasteiger partial charge in [0, 0.05) is 22.6 Å². The van der Waals surface area contributed by atoms with E-state index in [-0.39, 0.29) is 0 Å². The molecule has 0 aliphatic heterocycles. The Kier molecular flexibility index (Phi) is 2.74. The van der Waals surface area contributed by atoms with E-state index in [1.54, 1.807) is 6.07 Å². The van der Waals surface area contributed by atoms with Crippen molar-refractivity contribution in [3.05, 3.63) is 39.0 Å². The minimum Gasteiger partial charge on any atom is -0.326 e. The van der Waals surface area contributed by atoms with Crippen molar-refractivity contribution >= 4 is 34.1 Å². The Balaban J connectivity index is 2.45. The molecular formula is C13H12Cl2N2. The van der Waals surface area contributed by atoms with Crippen LogP contribution in [0.3, 0.4) is 0 Å². The van der Waals surface area contributed by atoms with Crippen LogP contribution in [0.25, 0.3) is 10.9 Å². The highest BCUT2D eigenvalue weighted by Crippen LogP contribution is 2.34. The summed E-state index contributed by atoms with van der Waals surface area (Å²) in [5, 5.41) is 2.25. The van der Waals surface area contributed by atoms with E-state index >= 15 is 0 Å². The van der Waals surface area contributed by atoms with Crippen molar-refractivity contribution in [2.24, 2.45) is 5.73 Å². The molecule has 2 aromatic rings. The van der Waals surface area contributed by atoms with Crippen LogP contribution in [0.4, 0.5) is 0 Å². The highest BCUT2D eigenvalue weighted by atomic mass is 35.5. The zero-order valence-corrected chi connectivity index (χ0v) is 10.8. The quantitative estimate of drug-likeness (QED) is 0.859. The highest BCUT2D eigenvalue weighted by Gasteiger charge is 2.19. The first-order valence-corrected chi connectivity index (χ1v) is 6.45. The van der Waals surface area contributed by atoms with E-state index < -0.39 is 0 Å². The van der Waals surface area contributed by atoms with E-state index in [0.29, 0.717) is 16.6 Å². The van der Waals surface area contributed by atoms with Gasteiger partial charge in [0.1, 0.15) is 0 Å². The van der Waals surface area contributed by atoms with E-state index in [1.165, 1.54) is 5.56 Å². The molecule has 3 rings (SSSR count). The fourth-order valence-corrected chi connectivity index (χ4v) is 3.15. The molecule has 2 nitrogen and oxygen atoms in total. The van der Waals surface area contributed by atoms with Gasteiger partial charge in [-0.2, -0.15) is 0 Å². The van der Waals surface area contributed by atoms with Crippen LogP contribution < -0.4 is 5.73 Å². The maximum absolute atomic E-state index is 6.21. The van der Waals surface area contributed by atoms with E-state index in [0.717, 1.165) is 41.4 Å². The molecule has 0 radical (unpaired) electrons. The molecule has 17 heavy (non-hydrogen) atoms. The fraction of sp³-hybridized carbons (Fsp3) is 0.308. The number of hydrogen-bond acceptors (Lipinski definition) is 2. The van der Waals surface area contributed by atoms with Gasteiger partial charge < -0.3 is 5.73 Å². The summed E-state index contributed by atoms with van der Waals surface area (Å²) in [4.78, 5) is 4.66. The molecule has 1 aromatic carbocycles. The minimum absolute atomic E-state index is 0.512. The number of nitrogens with two attached hydrogens (primary N) is 1. The second kappa shape index (κ2) is 4.13. The number of rotatable bonds is 1. The first kappa shape index (κ1) is 11.3. The predicted molar refractivity (Wildman–Crippen MR) is 71.7 cm³/mol. The lowest BCUT2D eigenvalue weighted by Crippen LogP contribution is -2.04. The normalized spacial score (nSPS) is 14.3. The molecule has 0 atom stereocenters. The number of fused-ring (bicyclic) bond motifs is 2. The molecule has 1 aliphatic carbocycles. The number of benzene rings is 1. The molecule has 1 heterocycles. The molecule has 0 bridgehead atoms. The van der Waals surface area contributed by atoms with Crippen molar-refractivity contribution in [1.82, 2.24) is 4.98 Å². The van der Waals surface area contributed by atoms with Crippen molar-refractivity contribution in [2.75, 3.05) is 0 Å². The van der Waals surface area contributed by atoms with Gasteiger partial charge >= 0.3 is 0 Å². The molecule has 0 amide bonds. The van der Waals surface area contributed by atoms with Gasteiger partial charge in [0.25, 0.3) is 0 Å². The van der Waals surface area contributed by atoms with Gasteiger partial charge in [0.15, 0.2) is 0 Å². The van der Waals surface area contributed by atoms with Crippen molar-refractivity contribution < 1.29 is 0 Å². The zero-order chi connectivity index (χ0) is 12.0. The second-order valence-corrected chi connectivity index (χ2v) is 5.20. The van der Waals surface area contributed by atoms with Crippen LogP contribution >= 0.6 is 23.2 Å². The highest BCUT2D eigenvalue weighted by molar-refractivity contribution is 6.38. The molecular weight excluding hydrogens is 255 g/mol. The maximum Gasteiger partial charge on any atom is 0.0895 e. The van der Waals surface area contributed by atoms with Crippen LogP contribution in [0.5, 0.6) is 0 Å². The molecule has 0 fully saturated rings. The zero-order valence-electron chi connectivity index (χ0n) is 9.26. The molecule has 0 saturated carbocycles. The number of nitrogens with zero attached hydrogens (tertiary/aromatic N) is 1. The van der Waals surface area contributed by atoms with Crippen molar-refractivity contribution in [2.45, 2.75) is 25.8 Å². The predicted octanol–water partition coefficient (Wildman–Crippen LogP) is 3.49. The van der Waals surface area contributed by atoms with Crippen molar-refractivity contribution in [3.63, 3.8) is 0 Å². The maximum atomic E-state index is 6.21. The molecule has 2 N–H and O–H groups in total. The molecule has 4 heteroatoms. The minimum atomic E-state index is 0.512. The van der Waals surface area contributed by atoms with Crippen molar-refractivity contribution in [3.8, 4) is 0 Å². The average molecular weight is 267 g/mol. The third kappa shape index (κ3) is 1.71. The monoisotopic (exact) mass is 266 g/mol. The van der Waals surface area contributed by atoms with Gasteiger partial charge in [0.2, 0.25) is 0 Å². The smallest absolute Gasteiger partial charge is 0.0895 e. The summed E-state index contributed by atoms with van der Waals surface area (Å²) in [6, 6.07) is 3.65. The van der Waals surface area contributed by atoms with E-state index in [4.69, 9.17) is 28.9 Å². The lowest BCUT2D eigenvalue weighted by molar-refractivity contribution is 0.896. The number of pyridine rings is 1. The summed E-state index contributed by atoms with van der Waals surface area (Å²) in [7, 11) is 0. The number of aromatic nitrogens is 1. The number of halogens is 2. The first-order valence-electron chi connectivity index (χ1n) is 5.70. The van der Waals surface area contributed by atoms with Gasteiger partial charge in [-0.1, -0.05) is 23.2 Å². The third-order valence-corrected chi connectivity index (χ3v) is 3.86. The standard InChI is InChI=1S/C13H12Cl2N2/c14-7-4-9-10(6-16)8-2-1-3-12(8)17-13(9)11(15)5-7/h4-5H,1-3,6,16H2. The summed E-state index contributed by atoms with van der Waals surface area (Å²) in [5.74, 6) is 0. The Labute approximate surface area is 110 Å². The molecule has 1 aliphatic rings. The van der Waals surface area contributed by atoms with Crippen LogP contribution in [0.2, 0.25) is 10.0 Å². The topological polar surface area (TPSA) is 38.9 Å². The fourth-order valence-electron chi connectivity index (χ4n) is 2.62. The summed E-state index contributed by atoms with van der Waals surface area (Å²) < 4.78 is 0. The van der Waals surface area contributed by atoms with Gasteiger partial charge in [-0.3, -0.25) is 4.98 Å². The first-order chi connectivity index (χ1) is 8.20. The Morgan fingerprint density at radius 3 is 2.82 bits per heavy atom. The lowest BCUT2D eigenvalue weighted by atomic mass is 10.0. The number of hydrogen-bond donors (Lipinski definition) is 1. The second-order valence-electron chi connectivity index (χ2n) is 4.36. The van der Waals surface area contributed by atoms with Crippen LogP contribution in [-0.2, 0) is 19.4 Å². The largest absolute Gasteiger partial charge is 0.326 e. The summed E-state index contributed by atoms with van der Waals surface area (Å²) in [6.45, 7) is 0.512. The van der Waals surface area contributed by atoms with Gasteiger partial charge in [0.05, 0.1) is 10.5 Å². The van der Waals surface area contributed by atoms with Crippen LogP contribution in [-0.4, -0.2) is 4.98 Å². The SMILES string of the molecule is NCc1c2c(nc3c(Cl)cc(Cl)cc13)CCC2. The van der Waals surface area contributed by atoms with E-state index in [2.05, 4.69) is 4.98 Å². The Morgan fingerprint density at radius 1 is 1.24 bits per heavy atom. The molecule has 0 saturated heterocycles. The van der Waals surface area contributed by atoms with Gasteiger partial charge in [-0.05, 0) is 42.5 Å². The molecule has 1 aromatic heterocycles. The third-order valence-electron chi connectivity index (χ3n) is 3.36. The van der Waals surface area contributed by atoms with Crippen LogP contribution in [0.15, 0.2) is 12.1 Å². The Hall–Kier alpha value is -0.830. The van der Waals surface area contributed by atoms with Crippen LogP contribution in [0, 0.1) is 0 Å². The summed E-state index contributed by atoms with van der Waals surface area (Å²) in [6.07, 6.45) is 3.24. The molecule has 0 spiro atoms. The Morgan fingerprint density at radius 2 is 2.06 bits per heavy atom. The average Bonchev–Trinajstić information content (AvgIpc) is 2.74. The van der Waals surface area contributed by atoms with Crippen molar-refractivity contribution in [1.29, 1.82) is 0 Å².